The second-order valence-corrected chi connectivity index (χ2v) is 4.58. The summed E-state index contributed by atoms with van der Waals surface area (Å²) in [7, 11) is 1.67. The van der Waals surface area contributed by atoms with Crippen LogP contribution in [0.1, 0.15) is 30.5 Å². The lowest BCUT2D eigenvalue weighted by molar-refractivity contribution is -0.125. The van der Waals surface area contributed by atoms with Crippen LogP contribution in [0.4, 0.5) is 0 Å². The molecule has 0 fully saturated rings. The monoisotopic (exact) mass is 205 g/mol. The van der Waals surface area contributed by atoms with Crippen LogP contribution in [0.2, 0.25) is 0 Å². The zero-order chi connectivity index (χ0) is 11.6. The molecule has 2 heteroatoms. The summed E-state index contributed by atoms with van der Waals surface area (Å²) in [6.45, 7) is 7.99. The van der Waals surface area contributed by atoms with Gasteiger partial charge < -0.3 is 5.32 Å². The minimum absolute atomic E-state index is 0.0486. The Labute approximate surface area is 91.7 Å². The number of amides is 1. The summed E-state index contributed by atoms with van der Waals surface area (Å²) in [5, 5.41) is 2.70. The van der Waals surface area contributed by atoms with Crippen molar-refractivity contribution in [3.8, 4) is 0 Å². The van der Waals surface area contributed by atoms with Crippen LogP contribution < -0.4 is 5.32 Å². The van der Waals surface area contributed by atoms with E-state index in [0.717, 1.165) is 5.56 Å². The van der Waals surface area contributed by atoms with E-state index in [2.05, 4.69) is 37.4 Å². The number of hydrogen-bond acceptors (Lipinski definition) is 1. The first kappa shape index (κ1) is 11.8. The van der Waals surface area contributed by atoms with Gasteiger partial charge in [0.1, 0.15) is 0 Å². The predicted molar refractivity (Wildman–Crippen MR) is 63.0 cm³/mol. The van der Waals surface area contributed by atoms with E-state index < -0.39 is 5.41 Å². The zero-order valence-electron chi connectivity index (χ0n) is 10.1. The molecule has 82 valence electrons. The molecule has 1 aromatic carbocycles. The largest absolute Gasteiger partial charge is 0.358 e. The second-order valence-electron chi connectivity index (χ2n) is 4.58. The average Bonchev–Trinajstić information content (AvgIpc) is 2.15. The van der Waals surface area contributed by atoms with Crippen molar-refractivity contribution in [1.29, 1.82) is 0 Å². The summed E-state index contributed by atoms with van der Waals surface area (Å²) in [5.41, 5.74) is 2.99. The van der Waals surface area contributed by atoms with Crippen LogP contribution in [-0.4, -0.2) is 13.0 Å². The highest BCUT2D eigenvalue weighted by Crippen LogP contribution is 2.25. The minimum atomic E-state index is -0.467. The molecule has 0 atom stereocenters. The van der Waals surface area contributed by atoms with Crippen LogP contribution in [0, 0.1) is 13.8 Å². The van der Waals surface area contributed by atoms with Crippen molar-refractivity contribution in [2.24, 2.45) is 0 Å². The highest BCUT2D eigenvalue weighted by Gasteiger charge is 2.28. The SMILES string of the molecule is CNC(=O)C(C)(C)c1cc(C)cc(C)c1. The lowest BCUT2D eigenvalue weighted by atomic mass is 9.82. The lowest BCUT2D eigenvalue weighted by Crippen LogP contribution is -2.38. The van der Waals surface area contributed by atoms with Gasteiger partial charge in [0.05, 0.1) is 5.41 Å². The molecular formula is C13H19NO. The molecule has 1 rings (SSSR count). The molecule has 0 saturated heterocycles. The van der Waals surface area contributed by atoms with Crippen molar-refractivity contribution in [2.45, 2.75) is 33.1 Å². The van der Waals surface area contributed by atoms with Gasteiger partial charge in [-0.25, -0.2) is 0 Å². The summed E-state index contributed by atoms with van der Waals surface area (Å²) in [6, 6.07) is 6.26. The van der Waals surface area contributed by atoms with Gasteiger partial charge in [0, 0.05) is 7.05 Å². The third-order valence-electron chi connectivity index (χ3n) is 2.74. The van der Waals surface area contributed by atoms with Crippen LogP contribution in [0.3, 0.4) is 0 Å². The summed E-state index contributed by atoms with van der Waals surface area (Å²) in [5.74, 6) is 0.0486. The molecule has 0 aliphatic carbocycles. The molecule has 1 amide bonds. The normalized spacial score (nSPS) is 11.3. The molecule has 2 nitrogen and oxygen atoms in total. The summed E-state index contributed by atoms with van der Waals surface area (Å²) in [6.07, 6.45) is 0. The first-order valence-electron chi connectivity index (χ1n) is 5.19. The Kier molecular flexibility index (Phi) is 3.18. The van der Waals surface area contributed by atoms with Crippen LogP contribution in [0.25, 0.3) is 0 Å². The maximum Gasteiger partial charge on any atom is 0.229 e. The Bertz CT molecular complexity index is 360. The number of aryl methyl sites for hydroxylation is 2. The van der Waals surface area contributed by atoms with Crippen molar-refractivity contribution >= 4 is 5.91 Å². The Morgan fingerprint density at radius 1 is 1.13 bits per heavy atom. The van der Waals surface area contributed by atoms with Crippen LogP contribution >= 0.6 is 0 Å². The zero-order valence-corrected chi connectivity index (χ0v) is 10.1. The molecule has 0 heterocycles. The van der Waals surface area contributed by atoms with Gasteiger partial charge >= 0.3 is 0 Å². The van der Waals surface area contributed by atoms with Crippen molar-refractivity contribution < 1.29 is 4.79 Å². The molecule has 0 spiro atoms. The maximum absolute atomic E-state index is 11.7. The topological polar surface area (TPSA) is 29.1 Å². The molecule has 1 N–H and O–H groups in total. The van der Waals surface area contributed by atoms with E-state index in [1.807, 2.05) is 13.8 Å². The number of hydrogen-bond donors (Lipinski definition) is 1. The number of likely N-dealkylation sites (N-methyl/N-ethyl adjacent to an activating group) is 1. The molecule has 0 radical (unpaired) electrons. The smallest absolute Gasteiger partial charge is 0.229 e. The van der Waals surface area contributed by atoms with Crippen LogP contribution in [0.5, 0.6) is 0 Å². The van der Waals surface area contributed by atoms with Gasteiger partial charge in [-0.15, -0.1) is 0 Å². The van der Waals surface area contributed by atoms with Crippen LogP contribution in [0.15, 0.2) is 18.2 Å². The first-order chi connectivity index (χ1) is 6.87. The quantitative estimate of drug-likeness (QED) is 0.788. The minimum Gasteiger partial charge on any atom is -0.358 e. The molecular weight excluding hydrogens is 186 g/mol. The van der Waals surface area contributed by atoms with E-state index >= 15 is 0 Å². The van der Waals surface area contributed by atoms with Gasteiger partial charge in [-0.05, 0) is 33.3 Å². The van der Waals surface area contributed by atoms with Crippen molar-refractivity contribution in [1.82, 2.24) is 5.32 Å². The van der Waals surface area contributed by atoms with E-state index in [0.29, 0.717) is 0 Å². The van der Waals surface area contributed by atoms with Gasteiger partial charge in [0.2, 0.25) is 5.91 Å². The number of carbonyl (C=O) groups is 1. The summed E-state index contributed by atoms with van der Waals surface area (Å²) >= 11 is 0. The van der Waals surface area contributed by atoms with Gasteiger partial charge in [-0.3, -0.25) is 4.79 Å². The van der Waals surface area contributed by atoms with E-state index in [1.165, 1.54) is 11.1 Å². The fourth-order valence-corrected chi connectivity index (χ4v) is 1.78. The molecule has 1 aromatic rings. The fourth-order valence-electron chi connectivity index (χ4n) is 1.78. The molecule has 0 unspecified atom stereocenters. The maximum atomic E-state index is 11.7. The molecule has 0 aliphatic rings. The highest BCUT2D eigenvalue weighted by molar-refractivity contribution is 5.87. The van der Waals surface area contributed by atoms with E-state index in [-0.39, 0.29) is 5.91 Å². The molecule has 0 aromatic heterocycles. The lowest BCUT2D eigenvalue weighted by Gasteiger charge is -2.24. The third kappa shape index (κ3) is 2.38. The fraction of sp³-hybridized carbons (Fsp3) is 0.462. The number of nitrogens with one attached hydrogen (secondary N) is 1. The number of carbonyl (C=O) groups excluding carboxylic acids is 1. The van der Waals surface area contributed by atoms with Gasteiger partial charge in [-0.2, -0.15) is 0 Å². The second kappa shape index (κ2) is 4.05. The van der Waals surface area contributed by atoms with Crippen LogP contribution in [-0.2, 0) is 10.2 Å². The Morgan fingerprint density at radius 2 is 1.60 bits per heavy atom. The molecule has 15 heavy (non-hydrogen) atoms. The third-order valence-corrected chi connectivity index (χ3v) is 2.74. The van der Waals surface area contributed by atoms with Crippen molar-refractivity contribution in [2.75, 3.05) is 7.05 Å². The summed E-state index contributed by atoms with van der Waals surface area (Å²) in [4.78, 5) is 11.7. The number of benzene rings is 1. The van der Waals surface area contributed by atoms with E-state index in [1.54, 1.807) is 7.05 Å². The van der Waals surface area contributed by atoms with Crippen molar-refractivity contribution in [3.63, 3.8) is 0 Å². The molecule has 0 bridgehead atoms. The van der Waals surface area contributed by atoms with E-state index in [4.69, 9.17) is 0 Å². The van der Waals surface area contributed by atoms with Crippen molar-refractivity contribution in [3.05, 3.63) is 34.9 Å². The Balaban J connectivity index is 3.20. The number of rotatable bonds is 2. The molecule has 0 aliphatic heterocycles. The van der Waals surface area contributed by atoms with Gasteiger partial charge in [-0.1, -0.05) is 29.3 Å². The van der Waals surface area contributed by atoms with E-state index in [9.17, 15) is 4.79 Å². The van der Waals surface area contributed by atoms with Gasteiger partial charge in [0.25, 0.3) is 0 Å². The Hall–Kier alpha value is -1.31. The highest BCUT2D eigenvalue weighted by atomic mass is 16.2. The first-order valence-corrected chi connectivity index (χ1v) is 5.19. The average molecular weight is 205 g/mol. The summed E-state index contributed by atoms with van der Waals surface area (Å²) < 4.78 is 0. The predicted octanol–water partition coefficient (Wildman–Crippen LogP) is 2.33. The van der Waals surface area contributed by atoms with Gasteiger partial charge in [0.15, 0.2) is 0 Å². The molecule has 0 saturated carbocycles. The Morgan fingerprint density at radius 3 is 2.00 bits per heavy atom. The standard InChI is InChI=1S/C13H19NO/c1-9-6-10(2)8-11(7-9)13(3,4)12(15)14-5/h6-8H,1-5H3,(H,14,15).